The van der Waals surface area contributed by atoms with E-state index in [4.69, 9.17) is 37.9 Å². The third-order valence-corrected chi connectivity index (χ3v) is 6.48. The lowest BCUT2D eigenvalue weighted by Gasteiger charge is -2.19. The molecule has 0 spiro atoms. The minimum absolute atomic E-state index is 0.0814. The zero-order valence-electron chi connectivity index (χ0n) is 28.7. The fourth-order valence-corrected chi connectivity index (χ4v) is 4.20. The average molecular weight is 635 g/mol. The van der Waals surface area contributed by atoms with Gasteiger partial charge in [-0.2, -0.15) is 0 Å². The van der Waals surface area contributed by atoms with Crippen molar-refractivity contribution in [2.75, 3.05) is 85.9 Å². The molecule has 0 aliphatic heterocycles. The highest BCUT2D eigenvalue weighted by Gasteiger charge is 2.15. The van der Waals surface area contributed by atoms with Crippen LogP contribution >= 0.6 is 0 Å². The van der Waals surface area contributed by atoms with Crippen LogP contribution in [0.3, 0.4) is 0 Å². The summed E-state index contributed by atoms with van der Waals surface area (Å²) in [4.78, 5) is 23.3. The van der Waals surface area contributed by atoms with Crippen molar-refractivity contribution in [1.29, 1.82) is 0 Å². The van der Waals surface area contributed by atoms with Crippen LogP contribution in [-0.2, 0) is 47.5 Å². The van der Waals surface area contributed by atoms with Gasteiger partial charge in [-0.15, -0.1) is 0 Å². The Morgan fingerprint density at radius 2 is 0.773 bits per heavy atom. The molecule has 262 valence electrons. The van der Waals surface area contributed by atoms with Gasteiger partial charge >= 0.3 is 11.9 Å². The van der Waals surface area contributed by atoms with Crippen molar-refractivity contribution in [1.82, 2.24) is 0 Å². The van der Waals surface area contributed by atoms with Crippen LogP contribution in [0, 0.1) is 0 Å². The number of ether oxygens (including phenoxy) is 8. The first-order valence-electron chi connectivity index (χ1n) is 17.2. The Morgan fingerprint density at radius 3 is 1.16 bits per heavy atom. The summed E-state index contributed by atoms with van der Waals surface area (Å²) < 4.78 is 42.8. The standard InChI is InChI=1S/C34H66O10/c1-5-6-7-8-9-10-11-12-13-14-15-16-17-18-32(35)43-30-29-41-26-25-39-22-21-37-19-20-38-23-24-40-27-28-42-31-33(36)44-34(2,3)4/h5-31H2,1-4H3. The Labute approximate surface area is 268 Å². The van der Waals surface area contributed by atoms with E-state index in [1.54, 1.807) is 0 Å². The van der Waals surface area contributed by atoms with Crippen molar-refractivity contribution in [2.24, 2.45) is 0 Å². The first kappa shape index (κ1) is 42.7. The lowest BCUT2D eigenvalue weighted by atomic mass is 10.0. The van der Waals surface area contributed by atoms with Crippen LogP contribution in [0.25, 0.3) is 0 Å². The maximum atomic E-state index is 11.8. The van der Waals surface area contributed by atoms with E-state index in [0.717, 1.165) is 12.8 Å². The maximum Gasteiger partial charge on any atom is 0.332 e. The monoisotopic (exact) mass is 634 g/mol. The van der Waals surface area contributed by atoms with E-state index in [0.29, 0.717) is 79.1 Å². The molecule has 0 heterocycles. The van der Waals surface area contributed by atoms with E-state index in [9.17, 15) is 9.59 Å². The summed E-state index contributed by atoms with van der Waals surface area (Å²) in [5.41, 5.74) is -0.509. The molecule has 0 saturated carbocycles. The fraction of sp³-hybridized carbons (Fsp3) is 0.941. The highest BCUT2D eigenvalue weighted by molar-refractivity contribution is 5.71. The zero-order valence-corrected chi connectivity index (χ0v) is 28.7. The number of carbonyl (C=O) groups excluding carboxylic acids is 2. The molecule has 0 amide bonds. The van der Waals surface area contributed by atoms with Crippen molar-refractivity contribution in [3.05, 3.63) is 0 Å². The van der Waals surface area contributed by atoms with Crippen LogP contribution in [-0.4, -0.2) is 103 Å². The molecule has 0 bridgehead atoms. The quantitative estimate of drug-likeness (QED) is 0.0579. The van der Waals surface area contributed by atoms with Gasteiger partial charge in [0.05, 0.1) is 72.7 Å². The molecule has 0 aromatic heterocycles. The van der Waals surface area contributed by atoms with Gasteiger partial charge in [-0.25, -0.2) is 4.79 Å². The molecule has 0 aliphatic rings. The van der Waals surface area contributed by atoms with Crippen LogP contribution in [0.1, 0.15) is 118 Å². The Hall–Kier alpha value is -1.30. The van der Waals surface area contributed by atoms with Gasteiger partial charge in [0.2, 0.25) is 0 Å². The number of unbranched alkanes of at least 4 members (excludes halogenated alkanes) is 12. The molecule has 0 aromatic carbocycles. The number of hydrogen-bond donors (Lipinski definition) is 0. The minimum Gasteiger partial charge on any atom is -0.463 e. The SMILES string of the molecule is CCCCCCCCCCCCCCCC(=O)OCCOCCOCCOCCOCCOCCOCC(=O)OC(C)(C)C. The highest BCUT2D eigenvalue weighted by atomic mass is 16.6. The van der Waals surface area contributed by atoms with Crippen LogP contribution in [0.2, 0.25) is 0 Å². The van der Waals surface area contributed by atoms with Gasteiger partial charge in [-0.3, -0.25) is 4.79 Å². The van der Waals surface area contributed by atoms with Crippen molar-refractivity contribution in [2.45, 2.75) is 123 Å². The Bertz CT molecular complexity index is 624. The summed E-state index contributed by atoms with van der Waals surface area (Å²) >= 11 is 0. The normalized spacial score (nSPS) is 11.6. The number of esters is 2. The lowest BCUT2D eigenvalue weighted by Crippen LogP contribution is -2.27. The van der Waals surface area contributed by atoms with Crippen LogP contribution in [0.5, 0.6) is 0 Å². The topological polar surface area (TPSA) is 108 Å². The molecular formula is C34H66O10. The molecule has 0 atom stereocenters. The van der Waals surface area contributed by atoms with Gasteiger partial charge in [0.25, 0.3) is 0 Å². The summed E-state index contributed by atoms with van der Waals surface area (Å²) in [6.45, 7) is 12.7. The molecule has 0 N–H and O–H groups in total. The van der Waals surface area contributed by atoms with E-state index in [1.807, 2.05) is 20.8 Å². The zero-order chi connectivity index (χ0) is 32.4. The summed E-state index contributed by atoms with van der Waals surface area (Å²) in [6, 6.07) is 0. The summed E-state index contributed by atoms with van der Waals surface area (Å²) in [5.74, 6) is -0.521. The molecule has 0 unspecified atom stereocenters. The summed E-state index contributed by atoms with van der Waals surface area (Å²) in [7, 11) is 0. The molecule has 0 rings (SSSR count). The maximum absolute atomic E-state index is 11.8. The van der Waals surface area contributed by atoms with Gasteiger partial charge in [0.1, 0.15) is 18.8 Å². The third kappa shape index (κ3) is 36.9. The van der Waals surface area contributed by atoms with Crippen molar-refractivity contribution in [3.63, 3.8) is 0 Å². The van der Waals surface area contributed by atoms with E-state index < -0.39 is 5.60 Å². The molecule has 44 heavy (non-hydrogen) atoms. The number of hydrogen-bond acceptors (Lipinski definition) is 10. The van der Waals surface area contributed by atoms with E-state index in [2.05, 4.69) is 6.92 Å². The van der Waals surface area contributed by atoms with Gasteiger partial charge in [0.15, 0.2) is 0 Å². The largest absolute Gasteiger partial charge is 0.463 e. The third-order valence-electron chi connectivity index (χ3n) is 6.48. The second-order valence-electron chi connectivity index (χ2n) is 11.9. The van der Waals surface area contributed by atoms with E-state index >= 15 is 0 Å². The second-order valence-corrected chi connectivity index (χ2v) is 11.9. The first-order valence-corrected chi connectivity index (χ1v) is 17.2. The summed E-state index contributed by atoms with van der Waals surface area (Å²) in [6.07, 6.45) is 17.3. The molecule has 10 nitrogen and oxygen atoms in total. The van der Waals surface area contributed by atoms with Gasteiger partial charge in [0, 0.05) is 6.42 Å². The molecular weight excluding hydrogens is 568 g/mol. The second kappa shape index (κ2) is 33.1. The first-order chi connectivity index (χ1) is 21.3. The fourth-order valence-electron chi connectivity index (χ4n) is 4.20. The van der Waals surface area contributed by atoms with Gasteiger partial charge in [-0.05, 0) is 27.2 Å². The average Bonchev–Trinajstić information content (AvgIpc) is 2.97. The Kier molecular flexibility index (Phi) is 32.1. The molecule has 0 radical (unpaired) electrons. The predicted octanol–water partition coefficient (Wildman–Crippen LogP) is 6.45. The van der Waals surface area contributed by atoms with Gasteiger partial charge < -0.3 is 37.9 Å². The molecule has 0 saturated heterocycles. The van der Waals surface area contributed by atoms with Crippen LogP contribution in [0.15, 0.2) is 0 Å². The van der Waals surface area contributed by atoms with E-state index in [1.165, 1.54) is 70.6 Å². The van der Waals surface area contributed by atoms with Crippen molar-refractivity contribution >= 4 is 11.9 Å². The smallest absolute Gasteiger partial charge is 0.332 e. The number of carbonyl (C=O) groups is 2. The van der Waals surface area contributed by atoms with Crippen LogP contribution < -0.4 is 0 Å². The molecule has 0 aliphatic carbocycles. The molecule has 10 heteroatoms. The van der Waals surface area contributed by atoms with Gasteiger partial charge in [-0.1, -0.05) is 84.0 Å². The Balaban J connectivity index is 3.19. The number of rotatable bonds is 34. The van der Waals surface area contributed by atoms with Crippen LogP contribution in [0.4, 0.5) is 0 Å². The van der Waals surface area contributed by atoms with Crippen molar-refractivity contribution in [3.8, 4) is 0 Å². The minimum atomic E-state index is -0.509. The summed E-state index contributed by atoms with van der Waals surface area (Å²) in [5, 5.41) is 0. The van der Waals surface area contributed by atoms with Crippen molar-refractivity contribution < 1.29 is 47.5 Å². The highest BCUT2D eigenvalue weighted by Crippen LogP contribution is 2.13. The lowest BCUT2D eigenvalue weighted by molar-refractivity contribution is -0.160. The molecule has 0 aromatic rings. The Morgan fingerprint density at radius 1 is 0.432 bits per heavy atom. The van der Waals surface area contributed by atoms with E-state index in [-0.39, 0.29) is 25.2 Å². The predicted molar refractivity (Wildman–Crippen MR) is 172 cm³/mol. The molecule has 0 fully saturated rings.